The number of ether oxygens (including phenoxy) is 2. The minimum atomic E-state index is -0.510. The summed E-state index contributed by atoms with van der Waals surface area (Å²) in [6.07, 6.45) is -0.289. The predicted molar refractivity (Wildman–Crippen MR) is 72.8 cm³/mol. The average molecular weight is 253 g/mol. The number of hydrogen-bond donors (Lipinski definition) is 2. The van der Waals surface area contributed by atoms with Gasteiger partial charge in [-0.1, -0.05) is 18.2 Å². The Labute approximate surface area is 109 Å². The first-order valence-electron chi connectivity index (χ1n) is 6.35. The zero-order chi connectivity index (χ0) is 13.2. The van der Waals surface area contributed by atoms with E-state index in [4.69, 9.17) is 9.47 Å². The van der Waals surface area contributed by atoms with Crippen LogP contribution in [-0.2, 0) is 9.47 Å². The molecule has 1 unspecified atom stereocenters. The van der Waals surface area contributed by atoms with Crippen molar-refractivity contribution in [3.05, 3.63) is 30.3 Å². The van der Waals surface area contributed by atoms with Gasteiger partial charge in [0, 0.05) is 12.2 Å². The van der Waals surface area contributed by atoms with Crippen molar-refractivity contribution < 1.29 is 14.6 Å². The van der Waals surface area contributed by atoms with Gasteiger partial charge in [-0.05, 0) is 26.0 Å². The standard InChI is InChI=1S/C14H23NO3/c1-12(2)18-9-8-17-11-14(16)10-15-13-6-4-3-5-7-13/h3-7,12,14-16H,8-11H2,1-2H3. The highest BCUT2D eigenvalue weighted by Gasteiger charge is 2.04. The molecule has 2 N–H and O–H groups in total. The van der Waals surface area contributed by atoms with Crippen molar-refractivity contribution in [2.45, 2.75) is 26.1 Å². The number of aliphatic hydroxyl groups is 1. The van der Waals surface area contributed by atoms with E-state index in [1.165, 1.54) is 0 Å². The lowest BCUT2D eigenvalue weighted by Gasteiger charge is -2.13. The molecule has 1 atom stereocenters. The van der Waals surface area contributed by atoms with Gasteiger partial charge in [0.25, 0.3) is 0 Å². The molecular weight excluding hydrogens is 230 g/mol. The highest BCUT2D eigenvalue weighted by atomic mass is 16.5. The number of aliphatic hydroxyl groups excluding tert-OH is 1. The third kappa shape index (κ3) is 7.27. The highest BCUT2D eigenvalue weighted by Crippen LogP contribution is 2.04. The van der Waals surface area contributed by atoms with Crippen molar-refractivity contribution in [3.63, 3.8) is 0 Å². The lowest BCUT2D eigenvalue weighted by Crippen LogP contribution is -2.25. The van der Waals surface area contributed by atoms with Crippen molar-refractivity contribution >= 4 is 5.69 Å². The zero-order valence-corrected chi connectivity index (χ0v) is 11.1. The molecule has 0 aliphatic rings. The van der Waals surface area contributed by atoms with Crippen molar-refractivity contribution in [3.8, 4) is 0 Å². The van der Waals surface area contributed by atoms with Gasteiger partial charge in [-0.15, -0.1) is 0 Å². The highest BCUT2D eigenvalue weighted by molar-refractivity contribution is 5.42. The monoisotopic (exact) mass is 253 g/mol. The Morgan fingerprint density at radius 2 is 1.89 bits per heavy atom. The summed E-state index contributed by atoms with van der Waals surface area (Å²) in [6.45, 7) is 5.85. The molecule has 4 nitrogen and oxygen atoms in total. The molecule has 1 rings (SSSR count). The maximum Gasteiger partial charge on any atom is 0.0945 e. The number of nitrogens with one attached hydrogen (secondary N) is 1. The van der Waals surface area contributed by atoms with Gasteiger partial charge in [0.15, 0.2) is 0 Å². The largest absolute Gasteiger partial charge is 0.389 e. The Balaban J connectivity index is 2.02. The van der Waals surface area contributed by atoms with Crippen molar-refractivity contribution in [1.82, 2.24) is 0 Å². The van der Waals surface area contributed by atoms with Crippen molar-refractivity contribution in [2.75, 3.05) is 31.7 Å². The smallest absolute Gasteiger partial charge is 0.0945 e. The summed E-state index contributed by atoms with van der Waals surface area (Å²) >= 11 is 0. The van der Waals surface area contributed by atoms with E-state index in [0.717, 1.165) is 5.69 Å². The first-order chi connectivity index (χ1) is 8.68. The van der Waals surface area contributed by atoms with Crippen LogP contribution in [0.4, 0.5) is 5.69 Å². The summed E-state index contributed by atoms with van der Waals surface area (Å²) in [6, 6.07) is 9.79. The molecule has 4 heteroatoms. The quantitative estimate of drug-likeness (QED) is 0.660. The fourth-order valence-corrected chi connectivity index (χ4v) is 1.41. The second-order valence-corrected chi connectivity index (χ2v) is 4.40. The molecule has 0 bridgehead atoms. The third-order valence-electron chi connectivity index (χ3n) is 2.30. The zero-order valence-electron chi connectivity index (χ0n) is 11.1. The molecule has 0 saturated heterocycles. The van der Waals surface area contributed by atoms with E-state index in [-0.39, 0.29) is 6.10 Å². The Bertz CT molecular complexity index is 303. The van der Waals surface area contributed by atoms with E-state index in [9.17, 15) is 5.11 Å². The molecule has 18 heavy (non-hydrogen) atoms. The second-order valence-electron chi connectivity index (χ2n) is 4.40. The van der Waals surface area contributed by atoms with Crippen molar-refractivity contribution in [1.29, 1.82) is 0 Å². The van der Waals surface area contributed by atoms with Crippen LogP contribution < -0.4 is 5.32 Å². The van der Waals surface area contributed by atoms with Gasteiger partial charge in [0.2, 0.25) is 0 Å². The summed E-state index contributed by atoms with van der Waals surface area (Å²) in [4.78, 5) is 0. The van der Waals surface area contributed by atoms with Crippen LogP contribution in [0.3, 0.4) is 0 Å². The molecule has 1 aromatic carbocycles. The third-order valence-corrected chi connectivity index (χ3v) is 2.30. The Kier molecular flexibility index (Phi) is 7.41. The van der Waals surface area contributed by atoms with Crippen LogP contribution in [0.1, 0.15) is 13.8 Å². The molecular formula is C14H23NO3. The Morgan fingerprint density at radius 3 is 2.56 bits per heavy atom. The second kappa shape index (κ2) is 8.91. The van der Waals surface area contributed by atoms with E-state index in [0.29, 0.717) is 26.4 Å². The lowest BCUT2D eigenvalue weighted by atomic mass is 10.3. The van der Waals surface area contributed by atoms with Crippen molar-refractivity contribution in [2.24, 2.45) is 0 Å². The molecule has 0 heterocycles. The molecule has 102 valence electrons. The summed E-state index contributed by atoms with van der Waals surface area (Å²) in [5.74, 6) is 0. The fourth-order valence-electron chi connectivity index (χ4n) is 1.41. The minimum Gasteiger partial charge on any atom is -0.389 e. The fraction of sp³-hybridized carbons (Fsp3) is 0.571. The van der Waals surface area contributed by atoms with Crippen LogP contribution >= 0.6 is 0 Å². The van der Waals surface area contributed by atoms with Gasteiger partial charge in [-0.25, -0.2) is 0 Å². The number of rotatable bonds is 9. The maximum absolute atomic E-state index is 9.69. The van der Waals surface area contributed by atoms with Crippen LogP contribution in [0, 0.1) is 0 Å². The molecule has 0 aliphatic heterocycles. The summed E-state index contributed by atoms with van der Waals surface area (Å²) in [7, 11) is 0. The van der Waals surface area contributed by atoms with Crippen LogP contribution in [0.5, 0.6) is 0 Å². The van der Waals surface area contributed by atoms with E-state index >= 15 is 0 Å². The van der Waals surface area contributed by atoms with Crippen LogP contribution in [0.2, 0.25) is 0 Å². The van der Waals surface area contributed by atoms with Crippen LogP contribution in [0.15, 0.2) is 30.3 Å². The number of benzene rings is 1. The molecule has 0 radical (unpaired) electrons. The van der Waals surface area contributed by atoms with E-state index in [1.807, 2.05) is 44.2 Å². The average Bonchev–Trinajstić information content (AvgIpc) is 2.37. The maximum atomic E-state index is 9.69. The number of para-hydroxylation sites is 1. The minimum absolute atomic E-state index is 0.221. The predicted octanol–water partition coefficient (Wildman–Crippen LogP) is 1.90. The van der Waals surface area contributed by atoms with Gasteiger partial charge in [0.1, 0.15) is 0 Å². The molecule has 0 amide bonds. The summed E-state index contributed by atoms with van der Waals surface area (Å²) in [5, 5.41) is 12.8. The summed E-state index contributed by atoms with van der Waals surface area (Å²) in [5.41, 5.74) is 1.000. The molecule has 0 saturated carbocycles. The summed E-state index contributed by atoms with van der Waals surface area (Å²) < 4.78 is 10.6. The SMILES string of the molecule is CC(C)OCCOCC(O)CNc1ccccc1. The first-order valence-corrected chi connectivity index (χ1v) is 6.35. The van der Waals surface area contributed by atoms with E-state index < -0.39 is 6.10 Å². The molecule has 0 fully saturated rings. The number of anilines is 1. The normalized spacial score (nSPS) is 12.7. The van der Waals surface area contributed by atoms with Gasteiger partial charge in [-0.2, -0.15) is 0 Å². The van der Waals surface area contributed by atoms with E-state index in [1.54, 1.807) is 0 Å². The molecule has 0 aromatic heterocycles. The molecule has 0 spiro atoms. The van der Waals surface area contributed by atoms with Crippen LogP contribution in [-0.4, -0.2) is 43.7 Å². The topological polar surface area (TPSA) is 50.7 Å². The lowest BCUT2D eigenvalue weighted by molar-refractivity contribution is -0.00734. The number of hydrogen-bond acceptors (Lipinski definition) is 4. The Hall–Kier alpha value is -1.10. The molecule has 1 aromatic rings. The first kappa shape index (κ1) is 15.0. The Morgan fingerprint density at radius 1 is 1.17 bits per heavy atom. The van der Waals surface area contributed by atoms with E-state index in [2.05, 4.69) is 5.32 Å². The van der Waals surface area contributed by atoms with Gasteiger partial charge in [-0.3, -0.25) is 0 Å². The van der Waals surface area contributed by atoms with Gasteiger partial charge in [0.05, 0.1) is 32.0 Å². The molecule has 0 aliphatic carbocycles. The van der Waals surface area contributed by atoms with Crippen LogP contribution in [0.25, 0.3) is 0 Å². The van der Waals surface area contributed by atoms with Gasteiger partial charge < -0.3 is 19.9 Å². The van der Waals surface area contributed by atoms with Gasteiger partial charge >= 0.3 is 0 Å².